The van der Waals surface area contributed by atoms with Gasteiger partial charge in [0.05, 0.1) is 25.9 Å². The van der Waals surface area contributed by atoms with Crippen LogP contribution in [0.25, 0.3) is 0 Å². The number of nitrogens with one attached hydrogen (secondary N) is 2. The molecule has 2 aliphatic heterocycles. The molecule has 0 saturated carbocycles. The van der Waals surface area contributed by atoms with Crippen molar-refractivity contribution in [3.8, 4) is 0 Å². The third kappa shape index (κ3) is 5.47. The lowest BCUT2D eigenvalue weighted by atomic mass is 9.95. The molecule has 1 amide bonds. The molecule has 0 bridgehead atoms. The first kappa shape index (κ1) is 23.1. The zero-order valence-corrected chi connectivity index (χ0v) is 15.7. The van der Waals surface area contributed by atoms with Gasteiger partial charge >= 0.3 is 0 Å². The number of hydrogen-bond donors (Lipinski definition) is 7. The molecule has 28 heavy (non-hydrogen) atoms. The van der Waals surface area contributed by atoms with E-state index in [0.29, 0.717) is 0 Å². The summed E-state index contributed by atoms with van der Waals surface area (Å²) >= 11 is 0. The van der Waals surface area contributed by atoms with Gasteiger partial charge in [-0.05, 0) is 0 Å². The van der Waals surface area contributed by atoms with Gasteiger partial charge in [-0.1, -0.05) is 6.08 Å². The highest BCUT2D eigenvalue weighted by Crippen LogP contribution is 2.23. The van der Waals surface area contributed by atoms with Crippen LogP contribution >= 0.6 is 0 Å². The van der Waals surface area contributed by atoms with E-state index in [2.05, 4.69) is 17.2 Å². The van der Waals surface area contributed by atoms with Gasteiger partial charge in [0.15, 0.2) is 6.29 Å². The van der Waals surface area contributed by atoms with E-state index in [1.54, 1.807) is 0 Å². The van der Waals surface area contributed by atoms with E-state index in [1.165, 1.54) is 13.0 Å². The molecule has 2 heterocycles. The van der Waals surface area contributed by atoms with Crippen LogP contribution in [0.2, 0.25) is 0 Å². The number of hydrogen-bond acceptors (Lipinski definition) is 10. The first-order chi connectivity index (χ1) is 13.3. The van der Waals surface area contributed by atoms with Crippen LogP contribution in [0.5, 0.6) is 0 Å². The van der Waals surface area contributed by atoms with E-state index in [-0.39, 0.29) is 19.8 Å². The van der Waals surface area contributed by atoms with Crippen LogP contribution in [0.1, 0.15) is 6.92 Å². The van der Waals surface area contributed by atoms with E-state index in [0.717, 1.165) is 0 Å². The second-order valence-electron chi connectivity index (χ2n) is 6.92. The fourth-order valence-corrected chi connectivity index (χ4v) is 3.28. The highest BCUT2D eigenvalue weighted by molar-refractivity contribution is 5.73. The SMILES string of the molecule is C=CCO[C@H]1O[C@H](CN[C@H]2CO[C@H](CO)[C@@H](O)[C@@H]2O)[C@@H](O)[C@H](O)[C@H]1NC(C)=O. The fourth-order valence-electron chi connectivity index (χ4n) is 3.28. The molecule has 0 unspecified atom stereocenters. The van der Waals surface area contributed by atoms with Crippen molar-refractivity contribution in [3.05, 3.63) is 12.7 Å². The second kappa shape index (κ2) is 10.6. The number of carbonyl (C=O) groups excluding carboxylic acids is 1. The van der Waals surface area contributed by atoms with Crippen molar-refractivity contribution in [2.75, 3.05) is 26.4 Å². The monoisotopic (exact) mass is 406 g/mol. The Morgan fingerprint density at radius 3 is 2.46 bits per heavy atom. The number of ether oxygens (including phenoxy) is 3. The van der Waals surface area contributed by atoms with Gasteiger partial charge in [-0.15, -0.1) is 6.58 Å². The van der Waals surface area contributed by atoms with Crippen molar-refractivity contribution < 1.29 is 44.5 Å². The lowest BCUT2D eigenvalue weighted by Gasteiger charge is -2.43. The molecule has 2 saturated heterocycles. The van der Waals surface area contributed by atoms with Crippen LogP contribution in [0, 0.1) is 0 Å². The van der Waals surface area contributed by atoms with Gasteiger partial charge in [-0.3, -0.25) is 4.79 Å². The Labute approximate surface area is 162 Å². The van der Waals surface area contributed by atoms with Gasteiger partial charge in [-0.25, -0.2) is 0 Å². The van der Waals surface area contributed by atoms with E-state index in [4.69, 9.17) is 19.3 Å². The molecule has 2 aliphatic rings. The summed E-state index contributed by atoms with van der Waals surface area (Å²) in [6.45, 7) is 4.52. The smallest absolute Gasteiger partial charge is 0.217 e. The molecule has 0 aromatic heterocycles. The molecule has 9 atom stereocenters. The van der Waals surface area contributed by atoms with Gasteiger partial charge in [0, 0.05) is 13.5 Å². The normalized spacial score (nSPS) is 41.4. The zero-order chi connectivity index (χ0) is 20.8. The molecule has 0 aromatic carbocycles. The summed E-state index contributed by atoms with van der Waals surface area (Å²) in [7, 11) is 0. The fraction of sp³-hybridized carbons (Fsp3) is 0.824. The molecule has 7 N–H and O–H groups in total. The Bertz CT molecular complexity index is 523. The Morgan fingerprint density at radius 1 is 1.18 bits per heavy atom. The summed E-state index contributed by atoms with van der Waals surface area (Å²) in [5, 5.41) is 55.4. The summed E-state index contributed by atoms with van der Waals surface area (Å²) < 4.78 is 16.4. The van der Waals surface area contributed by atoms with Gasteiger partial charge < -0.3 is 50.4 Å². The van der Waals surface area contributed by atoms with Crippen LogP contribution in [0.15, 0.2) is 12.7 Å². The third-order valence-corrected chi connectivity index (χ3v) is 4.84. The Morgan fingerprint density at radius 2 is 1.86 bits per heavy atom. The molecule has 11 nitrogen and oxygen atoms in total. The zero-order valence-electron chi connectivity index (χ0n) is 15.7. The molecule has 162 valence electrons. The van der Waals surface area contributed by atoms with Crippen LogP contribution in [-0.2, 0) is 19.0 Å². The Balaban J connectivity index is 1.99. The minimum Gasteiger partial charge on any atom is -0.394 e. The standard InChI is InChI=1S/C17H30N2O9/c1-3-4-26-17-12(19-8(2)21)16(25)14(23)10(28-17)5-18-9-7-27-11(6-20)15(24)13(9)22/h3,9-18,20,22-25H,1,4-7H2,2H3,(H,19,21)/t9-,10+,11+,12+,13+,14+,15+,16+,17-/m0/s1. The summed E-state index contributed by atoms with van der Waals surface area (Å²) in [5.74, 6) is -0.418. The lowest BCUT2D eigenvalue weighted by Crippen LogP contribution is -2.66. The van der Waals surface area contributed by atoms with Crippen molar-refractivity contribution in [1.82, 2.24) is 10.6 Å². The topological polar surface area (TPSA) is 170 Å². The van der Waals surface area contributed by atoms with E-state index >= 15 is 0 Å². The molecule has 2 rings (SSSR count). The van der Waals surface area contributed by atoms with E-state index in [1.807, 2.05) is 0 Å². The largest absolute Gasteiger partial charge is 0.394 e. The maximum absolute atomic E-state index is 11.4. The molecule has 0 spiro atoms. The number of aliphatic hydroxyl groups is 5. The Kier molecular flexibility index (Phi) is 8.74. The summed E-state index contributed by atoms with van der Waals surface area (Å²) in [5.41, 5.74) is 0. The summed E-state index contributed by atoms with van der Waals surface area (Å²) in [6.07, 6.45) is -6.50. The number of rotatable bonds is 8. The number of amides is 1. The quantitative estimate of drug-likeness (QED) is 0.198. The molecule has 0 aromatic rings. The first-order valence-corrected chi connectivity index (χ1v) is 9.13. The predicted octanol–water partition coefficient (Wildman–Crippen LogP) is -3.79. The average molecular weight is 406 g/mol. The van der Waals surface area contributed by atoms with Gasteiger partial charge in [0.2, 0.25) is 5.91 Å². The van der Waals surface area contributed by atoms with Crippen molar-refractivity contribution in [2.45, 2.75) is 61.9 Å². The van der Waals surface area contributed by atoms with Gasteiger partial charge in [0.1, 0.15) is 42.7 Å². The maximum atomic E-state index is 11.4. The number of aliphatic hydroxyl groups excluding tert-OH is 5. The predicted molar refractivity (Wildman–Crippen MR) is 95.1 cm³/mol. The number of carbonyl (C=O) groups is 1. The first-order valence-electron chi connectivity index (χ1n) is 9.13. The van der Waals surface area contributed by atoms with Gasteiger partial charge in [0.25, 0.3) is 0 Å². The minimum atomic E-state index is -1.35. The van der Waals surface area contributed by atoms with Crippen molar-refractivity contribution in [3.63, 3.8) is 0 Å². The van der Waals surface area contributed by atoms with E-state index < -0.39 is 67.5 Å². The molecular weight excluding hydrogens is 376 g/mol. The molecule has 0 aliphatic carbocycles. The Hall–Kier alpha value is -1.15. The van der Waals surface area contributed by atoms with Crippen LogP contribution in [-0.4, -0.2) is 113 Å². The maximum Gasteiger partial charge on any atom is 0.217 e. The summed E-state index contributed by atoms with van der Waals surface area (Å²) in [6, 6.07) is -1.65. The van der Waals surface area contributed by atoms with Crippen molar-refractivity contribution in [2.24, 2.45) is 0 Å². The highest BCUT2D eigenvalue weighted by atomic mass is 16.7. The van der Waals surface area contributed by atoms with Crippen LogP contribution < -0.4 is 10.6 Å². The highest BCUT2D eigenvalue weighted by Gasteiger charge is 2.46. The molecule has 2 fully saturated rings. The molecule has 11 heteroatoms. The summed E-state index contributed by atoms with van der Waals surface area (Å²) in [4.78, 5) is 11.4. The lowest BCUT2D eigenvalue weighted by molar-refractivity contribution is -0.261. The molecular formula is C17H30N2O9. The second-order valence-corrected chi connectivity index (χ2v) is 6.92. The molecule has 0 radical (unpaired) electrons. The van der Waals surface area contributed by atoms with E-state index in [9.17, 15) is 25.2 Å². The average Bonchev–Trinajstić information content (AvgIpc) is 2.66. The minimum absolute atomic E-state index is 0.000561. The van der Waals surface area contributed by atoms with Crippen molar-refractivity contribution in [1.29, 1.82) is 0 Å². The van der Waals surface area contributed by atoms with Crippen LogP contribution in [0.4, 0.5) is 0 Å². The van der Waals surface area contributed by atoms with Crippen molar-refractivity contribution >= 4 is 5.91 Å². The third-order valence-electron chi connectivity index (χ3n) is 4.84. The van der Waals surface area contributed by atoms with Gasteiger partial charge in [-0.2, -0.15) is 0 Å². The van der Waals surface area contributed by atoms with Crippen LogP contribution in [0.3, 0.4) is 0 Å².